The zero-order chi connectivity index (χ0) is 15.7. The summed E-state index contributed by atoms with van der Waals surface area (Å²) >= 11 is 11.9. The van der Waals surface area contributed by atoms with Gasteiger partial charge in [-0.15, -0.1) is 0 Å². The first-order chi connectivity index (χ1) is 10.6. The van der Waals surface area contributed by atoms with Crippen LogP contribution in [0.15, 0.2) is 47.4 Å². The smallest absolute Gasteiger partial charge is 0.265 e. The second-order valence-corrected chi connectivity index (χ2v) is 5.48. The fourth-order valence-corrected chi connectivity index (χ4v) is 2.44. The number of aromatic nitrogens is 2. The second kappa shape index (κ2) is 5.96. The summed E-state index contributed by atoms with van der Waals surface area (Å²) in [6.45, 7) is -0.430. The van der Waals surface area contributed by atoms with Crippen LogP contribution < -0.4 is 10.9 Å². The number of aliphatic hydroxyl groups excluding tert-OH is 1. The molecule has 7 heteroatoms. The van der Waals surface area contributed by atoms with E-state index in [-0.39, 0.29) is 16.9 Å². The van der Waals surface area contributed by atoms with E-state index in [2.05, 4.69) is 10.3 Å². The molecule has 0 aliphatic carbocycles. The van der Waals surface area contributed by atoms with Gasteiger partial charge in [-0.1, -0.05) is 29.3 Å². The van der Waals surface area contributed by atoms with Gasteiger partial charge in [0.15, 0.2) is 0 Å². The Bertz CT molecular complexity index is 909. The zero-order valence-electron chi connectivity index (χ0n) is 11.3. The number of fused-ring (bicyclic) bond motifs is 1. The van der Waals surface area contributed by atoms with Gasteiger partial charge >= 0.3 is 0 Å². The van der Waals surface area contributed by atoms with E-state index >= 15 is 0 Å². The van der Waals surface area contributed by atoms with E-state index in [1.165, 1.54) is 10.6 Å². The molecular formula is C15H11Cl2N3O2. The third-order valence-electron chi connectivity index (χ3n) is 3.13. The Labute approximate surface area is 135 Å². The molecule has 2 heterocycles. The van der Waals surface area contributed by atoms with Crippen LogP contribution in [0.1, 0.15) is 5.56 Å². The first-order valence-electron chi connectivity index (χ1n) is 6.43. The van der Waals surface area contributed by atoms with Crippen molar-refractivity contribution in [3.63, 3.8) is 0 Å². The fraction of sp³-hybridized carbons (Fsp3) is 0.0667. The number of pyridine rings is 1. The molecule has 0 atom stereocenters. The van der Waals surface area contributed by atoms with Crippen LogP contribution in [0.3, 0.4) is 0 Å². The molecule has 0 radical (unpaired) electrons. The summed E-state index contributed by atoms with van der Waals surface area (Å²) in [5, 5.41) is 13.5. The first-order valence-corrected chi connectivity index (χ1v) is 7.18. The van der Waals surface area contributed by atoms with Crippen LogP contribution in [-0.2, 0) is 6.61 Å². The molecule has 0 bridgehead atoms. The Balaban J connectivity index is 2.17. The van der Waals surface area contributed by atoms with Crippen molar-refractivity contribution < 1.29 is 5.11 Å². The van der Waals surface area contributed by atoms with Crippen LogP contribution >= 0.6 is 23.2 Å². The van der Waals surface area contributed by atoms with Crippen LogP contribution in [0.5, 0.6) is 0 Å². The maximum Gasteiger partial charge on any atom is 0.265 e. The lowest BCUT2D eigenvalue weighted by Gasteiger charge is -2.11. The lowest BCUT2D eigenvalue weighted by Crippen LogP contribution is -2.21. The minimum Gasteiger partial charge on any atom is -0.391 e. The summed E-state index contributed by atoms with van der Waals surface area (Å²) < 4.78 is 1.33. The highest BCUT2D eigenvalue weighted by Crippen LogP contribution is 2.21. The third kappa shape index (κ3) is 2.78. The second-order valence-electron chi connectivity index (χ2n) is 4.61. The third-order valence-corrected chi connectivity index (χ3v) is 3.60. The van der Waals surface area contributed by atoms with Gasteiger partial charge in [0.1, 0.15) is 11.5 Å². The molecule has 0 fully saturated rings. The molecule has 2 aromatic heterocycles. The van der Waals surface area contributed by atoms with Gasteiger partial charge in [0.2, 0.25) is 0 Å². The van der Waals surface area contributed by atoms with Crippen molar-refractivity contribution in [1.82, 2.24) is 9.38 Å². The molecule has 0 unspecified atom stereocenters. The number of hydrogen-bond acceptors (Lipinski definition) is 4. The van der Waals surface area contributed by atoms with Crippen molar-refractivity contribution in [2.45, 2.75) is 6.61 Å². The molecular weight excluding hydrogens is 325 g/mol. The molecule has 22 heavy (non-hydrogen) atoms. The molecule has 1 aromatic carbocycles. The Morgan fingerprint density at radius 2 is 1.95 bits per heavy atom. The van der Waals surface area contributed by atoms with E-state index < -0.39 is 6.61 Å². The first kappa shape index (κ1) is 14.8. The maximum atomic E-state index is 12.4. The number of hydrogen-bond donors (Lipinski definition) is 2. The van der Waals surface area contributed by atoms with Gasteiger partial charge < -0.3 is 10.4 Å². The summed E-state index contributed by atoms with van der Waals surface area (Å²) in [6.07, 6.45) is 1.52. The minimum absolute atomic E-state index is 0.166. The average Bonchev–Trinajstić information content (AvgIpc) is 2.47. The normalized spacial score (nSPS) is 10.9. The van der Waals surface area contributed by atoms with Gasteiger partial charge in [-0.2, -0.15) is 0 Å². The van der Waals surface area contributed by atoms with Gasteiger partial charge in [0.05, 0.1) is 12.2 Å². The molecule has 0 aliphatic heterocycles. The van der Waals surface area contributed by atoms with Crippen LogP contribution in [0.2, 0.25) is 10.0 Å². The van der Waals surface area contributed by atoms with E-state index in [1.807, 2.05) is 0 Å². The molecule has 0 spiro atoms. The molecule has 3 aromatic rings. The van der Waals surface area contributed by atoms with Crippen LogP contribution in [0, 0.1) is 0 Å². The van der Waals surface area contributed by atoms with Gasteiger partial charge in [-0.05, 0) is 24.3 Å². The molecule has 0 saturated heterocycles. The predicted molar refractivity (Wildman–Crippen MR) is 87.1 cm³/mol. The largest absolute Gasteiger partial charge is 0.391 e. The van der Waals surface area contributed by atoms with Crippen LogP contribution in [-0.4, -0.2) is 14.5 Å². The number of benzene rings is 1. The van der Waals surface area contributed by atoms with E-state index in [9.17, 15) is 9.90 Å². The average molecular weight is 336 g/mol. The summed E-state index contributed by atoms with van der Waals surface area (Å²) in [5.74, 6) is 0.275. The van der Waals surface area contributed by atoms with Crippen molar-refractivity contribution in [2.24, 2.45) is 0 Å². The van der Waals surface area contributed by atoms with Crippen molar-refractivity contribution in [2.75, 3.05) is 5.32 Å². The molecule has 2 N–H and O–H groups in total. The number of nitrogens with one attached hydrogen (secondary N) is 1. The number of anilines is 2. The van der Waals surface area contributed by atoms with Crippen molar-refractivity contribution in [3.05, 3.63) is 68.6 Å². The van der Waals surface area contributed by atoms with Crippen LogP contribution in [0.25, 0.3) is 5.65 Å². The van der Waals surface area contributed by atoms with Gasteiger partial charge in [0.25, 0.3) is 5.56 Å². The highest BCUT2D eigenvalue weighted by molar-refractivity contribution is 6.31. The molecule has 112 valence electrons. The maximum absolute atomic E-state index is 12.4. The van der Waals surface area contributed by atoms with Crippen molar-refractivity contribution in [3.8, 4) is 0 Å². The minimum atomic E-state index is -0.430. The quantitative estimate of drug-likeness (QED) is 0.771. The van der Waals surface area contributed by atoms with Crippen molar-refractivity contribution >= 4 is 40.4 Å². The summed E-state index contributed by atoms with van der Waals surface area (Å²) in [6, 6.07) is 10.2. The lowest BCUT2D eigenvalue weighted by molar-refractivity contribution is 0.280. The lowest BCUT2D eigenvalue weighted by atomic mass is 10.2. The topological polar surface area (TPSA) is 66.6 Å². The Kier molecular flexibility index (Phi) is 4.02. The Morgan fingerprint density at radius 1 is 1.18 bits per heavy atom. The van der Waals surface area contributed by atoms with Crippen LogP contribution in [0.4, 0.5) is 11.5 Å². The van der Waals surface area contributed by atoms with E-state index in [0.29, 0.717) is 21.4 Å². The number of nitrogens with zero attached hydrogens (tertiary/aromatic N) is 2. The van der Waals surface area contributed by atoms with E-state index in [1.54, 1.807) is 36.4 Å². The molecule has 3 rings (SSSR count). The fourth-order valence-electron chi connectivity index (χ4n) is 2.10. The summed E-state index contributed by atoms with van der Waals surface area (Å²) in [4.78, 5) is 16.8. The highest BCUT2D eigenvalue weighted by atomic mass is 35.5. The van der Waals surface area contributed by atoms with E-state index in [4.69, 9.17) is 23.2 Å². The summed E-state index contributed by atoms with van der Waals surface area (Å²) in [5.41, 5.74) is 0.869. The van der Waals surface area contributed by atoms with Crippen molar-refractivity contribution in [1.29, 1.82) is 0 Å². The SMILES string of the molecule is O=c1c(CO)c(Nc2cccc(Cl)c2)nc2cc(Cl)ccn12. The molecule has 0 saturated carbocycles. The number of rotatable bonds is 3. The standard InChI is InChI=1S/C15H11Cl2N3O2/c16-9-2-1-3-11(6-9)18-14-12(8-21)15(22)20-5-4-10(17)7-13(20)19-14/h1-7,18,21H,8H2. The van der Waals surface area contributed by atoms with Gasteiger partial charge in [0, 0.05) is 28.0 Å². The Hall–Kier alpha value is -2.08. The molecule has 0 amide bonds. The van der Waals surface area contributed by atoms with E-state index in [0.717, 1.165) is 0 Å². The Morgan fingerprint density at radius 3 is 2.68 bits per heavy atom. The molecule has 5 nitrogen and oxygen atoms in total. The predicted octanol–water partition coefficient (Wildman–Crippen LogP) is 3.24. The monoisotopic (exact) mass is 335 g/mol. The summed E-state index contributed by atoms with van der Waals surface area (Å²) in [7, 11) is 0. The van der Waals surface area contributed by atoms with Gasteiger partial charge in [-0.25, -0.2) is 4.98 Å². The number of aliphatic hydroxyl groups is 1. The number of halogens is 2. The van der Waals surface area contributed by atoms with Gasteiger partial charge in [-0.3, -0.25) is 9.20 Å². The highest BCUT2D eigenvalue weighted by Gasteiger charge is 2.12. The molecule has 0 aliphatic rings. The zero-order valence-corrected chi connectivity index (χ0v) is 12.8.